The van der Waals surface area contributed by atoms with Crippen LogP contribution in [0.2, 0.25) is 0 Å². The van der Waals surface area contributed by atoms with E-state index >= 15 is 0 Å². The van der Waals surface area contributed by atoms with Gasteiger partial charge in [0.05, 0.1) is 10.9 Å². The molecule has 0 atom stereocenters. The van der Waals surface area contributed by atoms with Crippen molar-refractivity contribution in [2.24, 2.45) is 0 Å². The molecule has 0 saturated carbocycles. The van der Waals surface area contributed by atoms with Crippen LogP contribution in [0.4, 0.5) is 0 Å². The maximum Gasteiger partial charge on any atom is 0.198 e. The molecule has 1 aliphatic rings. The van der Waals surface area contributed by atoms with E-state index in [1.807, 2.05) is 55.5 Å². The largest absolute Gasteiger partial charge is 0.457 e. The second kappa shape index (κ2) is 5.05. The van der Waals surface area contributed by atoms with Gasteiger partial charge in [-0.15, -0.1) is 0 Å². The number of aromatic nitrogens is 1. The molecule has 0 spiro atoms. The van der Waals surface area contributed by atoms with Gasteiger partial charge in [-0.1, -0.05) is 47.1 Å². The lowest BCUT2D eigenvalue weighted by Crippen LogP contribution is -2.10. The Bertz CT molecular complexity index is 1140. The number of hydrogen-bond acceptors (Lipinski definition) is 4. The molecule has 3 aromatic carbocycles. The molecular formula is C21H13NO3. The Morgan fingerprint density at radius 2 is 1.68 bits per heavy atom. The van der Waals surface area contributed by atoms with Gasteiger partial charge in [-0.25, -0.2) is 0 Å². The average molecular weight is 327 g/mol. The summed E-state index contributed by atoms with van der Waals surface area (Å²) in [6.07, 6.45) is 0. The van der Waals surface area contributed by atoms with Crippen LogP contribution >= 0.6 is 0 Å². The number of hydrogen-bond donors (Lipinski definition) is 0. The molecule has 0 unspecified atom stereocenters. The van der Waals surface area contributed by atoms with Crippen LogP contribution in [-0.2, 0) is 0 Å². The number of aryl methyl sites for hydroxylation is 1. The van der Waals surface area contributed by atoms with Crippen molar-refractivity contribution in [3.63, 3.8) is 0 Å². The van der Waals surface area contributed by atoms with Crippen LogP contribution in [0.5, 0.6) is 11.5 Å². The van der Waals surface area contributed by atoms with Gasteiger partial charge < -0.3 is 9.26 Å². The average Bonchev–Trinajstić information content (AvgIpc) is 3.07. The van der Waals surface area contributed by atoms with Crippen LogP contribution < -0.4 is 4.74 Å². The predicted octanol–water partition coefficient (Wildman–Crippen LogP) is 5.14. The Morgan fingerprint density at radius 3 is 2.48 bits per heavy atom. The van der Waals surface area contributed by atoms with Gasteiger partial charge >= 0.3 is 0 Å². The molecule has 0 aliphatic heterocycles. The summed E-state index contributed by atoms with van der Waals surface area (Å²) >= 11 is 0. The lowest BCUT2D eigenvalue weighted by Gasteiger charge is -2.17. The number of ketones is 1. The van der Waals surface area contributed by atoms with Crippen LogP contribution in [0.1, 0.15) is 21.5 Å². The Balaban J connectivity index is 1.75. The predicted molar refractivity (Wildman–Crippen MR) is 94.1 cm³/mol. The van der Waals surface area contributed by atoms with E-state index in [9.17, 15) is 4.79 Å². The summed E-state index contributed by atoms with van der Waals surface area (Å²) in [5.74, 6) is 1.75. The third kappa shape index (κ3) is 2.01. The fraction of sp³-hybridized carbons (Fsp3) is 0.0476. The first-order chi connectivity index (χ1) is 12.2. The molecule has 25 heavy (non-hydrogen) atoms. The van der Waals surface area contributed by atoms with E-state index in [2.05, 4.69) is 5.16 Å². The molecule has 0 fully saturated rings. The minimum atomic E-state index is -0.0704. The molecule has 4 aromatic rings. The summed E-state index contributed by atoms with van der Waals surface area (Å²) in [7, 11) is 0. The van der Waals surface area contributed by atoms with E-state index in [0.29, 0.717) is 39.3 Å². The van der Waals surface area contributed by atoms with Crippen molar-refractivity contribution in [2.75, 3.05) is 0 Å². The number of rotatable bonds is 2. The molecular weight excluding hydrogens is 314 g/mol. The number of carbonyl (C=O) groups is 1. The van der Waals surface area contributed by atoms with E-state index in [0.717, 1.165) is 11.1 Å². The summed E-state index contributed by atoms with van der Waals surface area (Å²) in [5.41, 5.74) is 3.69. The first kappa shape index (κ1) is 14.0. The Hall–Kier alpha value is -3.40. The Kier molecular flexibility index (Phi) is 2.82. The van der Waals surface area contributed by atoms with Crippen LogP contribution in [0.25, 0.3) is 22.2 Å². The lowest BCUT2D eigenvalue weighted by molar-refractivity contribution is 0.103. The number of carbonyl (C=O) groups excluding carboxylic acids is 1. The highest BCUT2D eigenvalue weighted by Crippen LogP contribution is 2.43. The molecule has 0 radical (unpaired) electrons. The van der Waals surface area contributed by atoms with E-state index in [4.69, 9.17) is 9.26 Å². The minimum Gasteiger partial charge on any atom is -0.457 e. The van der Waals surface area contributed by atoms with Crippen molar-refractivity contribution >= 4 is 16.7 Å². The monoisotopic (exact) mass is 327 g/mol. The van der Waals surface area contributed by atoms with Crippen molar-refractivity contribution in [1.82, 2.24) is 5.16 Å². The quantitative estimate of drug-likeness (QED) is 0.450. The summed E-state index contributed by atoms with van der Waals surface area (Å²) in [6.45, 7) is 2.02. The van der Waals surface area contributed by atoms with Gasteiger partial charge in [0.2, 0.25) is 0 Å². The molecule has 0 saturated heterocycles. The van der Waals surface area contributed by atoms with Gasteiger partial charge in [-0.2, -0.15) is 0 Å². The minimum absolute atomic E-state index is 0.0704. The number of nitrogens with zero attached hydrogens (tertiary/aromatic N) is 1. The normalized spacial score (nSPS) is 12.3. The van der Waals surface area contributed by atoms with Crippen LogP contribution in [0.3, 0.4) is 0 Å². The van der Waals surface area contributed by atoms with Gasteiger partial charge in [0.1, 0.15) is 17.0 Å². The van der Waals surface area contributed by atoms with E-state index in [1.54, 1.807) is 12.1 Å². The molecule has 0 bridgehead atoms. The van der Waals surface area contributed by atoms with Crippen molar-refractivity contribution < 1.29 is 14.1 Å². The molecule has 1 aromatic heterocycles. The fourth-order valence-electron chi connectivity index (χ4n) is 3.26. The zero-order valence-electron chi connectivity index (χ0n) is 13.4. The van der Waals surface area contributed by atoms with Gasteiger partial charge in [0.15, 0.2) is 11.5 Å². The van der Waals surface area contributed by atoms with Crippen LogP contribution in [-0.4, -0.2) is 10.9 Å². The second-order valence-electron chi connectivity index (χ2n) is 6.13. The first-order valence-electron chi connectivity index (χ1n) is 8.03. The fourth-order valence-corrected chi connectivity index (χ4v) is 3.26. The maximum absolute atomic E-state index is 13.1. The van der Waals surface area contributed by atoms with E-state index in [-0.39, 0.29) is 5.78 Å². The smallest absolute Gasteiger partial charge is 0.198 e. The van der Waals surface area contributed by atoms with Crippen molar-refractivity contribution in [2.45, 2.75) is 6.92 Å². The van der Waals surface area contributed by atoms with Crippen molar-refractivity contribution in [3.8, 4) is 22.8 Å². The number of benzene rings is 3. The standard InChI is InChI=1S/C21H13NO3/c1-12-6-8-13(9-7-12)24-17-11-10-16-18-19(17)20(23)14-4-2-3-5-15(14)21(18)25-22-16/h2-11H,1H3. The molecule has 1 heterocycles. The summed E-state index contributed by atoms with van der Waals surface area (Å²) in [6, 6.07) is 18.7. The summed E-state index contributed by atoms with van der Waals surface area (Å²) in [4.78, 5) is 13.1. The summed E-state index contributed by atoms with van der Waals surface area (Å²) < 4.78 is 11.6. The molecule has 0 amide bonds. The number of ether oxygens (including phenoxy) is 1. The highest BCUT2D eigenvalue weighted by atomic mass is 16.5. The zero-order chi connectivity index (χ0) is 17.0. The molecule has 1 aliphatic carbocycles. The highest BCUT2D eigenvalue weighted by molar-refractivity contribution is 6.26. The molecule has 4 nitrogen and oxygen atoms in total. The molecule has 0 N–H and O–H groups in total. The number of fused-ring (bicyclic) bond motifs is 2. The molecule has 5 rings (SSSR count). The first-order valence-corrected chi connectivity index (χ1v) is 8.03. The van der Waals surface area contributed by atoms with Gasteiger partial charge in [0.25, 0.3) is 0 Å². The van der Waals surface area contributed by atoms with Crippen molar-refractivity contribution in [1.29, 1.82) is 0 Å². The SMILES string of the molecule is Cc1ccc(Oc2ccc3noc4c3c2C(=O)c2ccccc2-4)cc1. The summed E-state index contributed by atoms with van der Waals surface area (Å²) in [5, 5.41) is 4.82. The van der Waals surface area contributed by atoms with E-state index < -0.39 is 0 Å². The molecule has 4 heteroatoms. The third-order valence-electron chi connectivity index (χ3n) is 4.50. The van der Waals surface area contributed by atoms with Gasteiger partial charge in [0, 0.05) is 11.1 Å². The van der Waals surface area contributed by atoms with E-state index in [1.165, 1.54) is 0 Å². The topological polar surface area (TPSA) is 52.3 Å². The lowest BCUT2D eigenvalue weighted by atomic mass is 9.87. The Morgan fingerprint density at radius 1 is 0.920 bits per heavy atom. The maximum atomic E-state index is 13.1. The van der Waals surface area contributed by atoms with Crippen molar-refractivity contribution in [3.05, 3.63) is 77.4 Å². The Labute approximate surface area is 143 Å². The third-order valence-corrected chi connectivity index (χ3v) is 4.50. The zero-order valence-corrected chi connectivity index (χ0v) is 13.4. The van der Waals surface area contributed by atoms with Crippen LogP contribution in [0, 0.1) is 6.92 Å². The van der Waals surface area contributed by atoms with Crippen LogP contribution in [0.15, 0.2) is 65.2 Å². The molecule has 120 valence electrons. The van der Waals surface area contributed by atoms with Gasteiger partial charge in [-0.3, -0.25) is 4.79 Å². The highest BCUT2D eigenvalue weighted by Gasteiger charge is 2.31. The second-order valence-corrected chi connectivity index (χ2v) is 6.13. The van der Waals surface area contributed by atoms with Gasteiger partial charge in [-0.05, 0) is 31.2 Å².